The van der Waals surface area contributed by atoms with Crippen LogP contribution in [0.15, 0.2) is 12.3 Å². The van der Waals surface area contributed by atoms with E-state index in [9.17, 15) is 19.7 Å². The van der Waals surface area contributed by atoms with Gasteiger partial charge in [0, 0.05) is 19.2 Å². The molecule has 0 aliphatic carbocycles. The monoisotopic (exact) mass is 283 g/mol. The molecule has 0 aliphatic rings. The molecule has 1 rings (SSSR count). The average Bonchev–Trinajstić information content (AvgIpc) is 2.76. The van der Waals surface area contributed by atoms with Crippen LogP contribution in [0.4, 0.5) is 5.69 Å². The molecule has 0 saturated heterocycles. The van der Waals surface area contributed by atoms with E-state index in [4.69, 9.17) is 0 Å². The predicted octanol–water partition coefficient (Wildman–Crippen LogP) is 0.957. The van der Waals surface area contributed by atoms with Gasteiger partial charge in [0.25, 0.3) is 11.6 Å². The van der Waals surface area contributed by atoms with Gasteiger partial charge >= 0.3 is 5.97 Å². The highest BCUT2D eigenvalue weighted by molar-refractivity contribution is 5.95. The van der Waals surface area contributed by atoms with E-state index in [2.05, 4.69) is 4.74 Å². The van der Waals surface area contributed by atoms with Crippen molar-refractivity contribution in [2.24, 2.45) is 7.05 Å². The van der Waals surface area contributed by atoms with Crippen molar-refractivity contribution in [2.75, 3.05) is 13.7 Å². The zero-order valence-corrected chi connectivity index (χ0v) is 11.8. The van der Waals surface area contributed by atoms with Crippen molar-refractivity contribution in [3.63, 3.8) is 0 Å². The summed E-state index contributed by atoms with van der Waals surface area (Å²) in [7, 11) is 2.77. The summed E-state index contributed by atoms with van der Waals surface area (Å²) in [5, 5.41) is 10.7. The van der Waals surface area contributed by atoms with Crippen LogP contribution in [0, 0.1) is 10.1 Å². The lowest BCUT2D eigenvalue weighted by Crippen LogP contribution is -2.41. The Kier molecular flexibility index (Phi) is 4.84. The SMILES string of the molecule is COC(=O)CN(C(=O)c1cc([N+](=O)[O-])cn1C)C(C)C. The maximum atomic E-state index is 12.4. The summed E-state index contributed by atoms with van der Waals surface area (Å²) in [5.41, 5.74) is -0.0214. The minimum Gasteiger partial charge on any atom is -0.468 e. The van der Waals surface area contributed by atoms with E-state index in [1.54, 1.807) is 13.8 Å². The number of hydrogen-bond donors (Lipinski definition) is 0. The molecule has 0 N–H and O–H groups in total. The molecule has 20 heavy (non-hydrogen) atoms. The Morgan fingerprint density at radius 1 is 1.50 bits per heavy atom. The molecule has 0 atom stereocenters. The fraction of sp³-hybridized carbons (Fsp3) is 0.500. The quantitative estimate of drug-likeness (QED) is 0.455. The summed E-state index contributed by atoms with van der Waals surface area (Å²) >= 11 is 0. The third-order valence-electron chi connectivity index (χ3n) is 2.83. The smallest absolute Gasteiger partial charge is 0.325 e. The molecule has 0 radical (unpaired) electrons. The van der Waals surface area contributed by atoms with Crippen LogP contribution in [0.3, 0.4) is 0 Å². The number of carbonyl (C=O) groups excluding carboxylic acids is 2. The van der Waals surface area contributed by atoms with Gasteiger partial charge in [-0.1, -0.05) is 0 Å². The topological polar surface area (TPSA) is 94.7 Å². The second-order valence-electron chi connectivity index (χ2n) is 4.55. The lowest BCUT2D eigenvalue weighted by Gasteiger charge is -2.25. The van der Waals surface area contributed by atoms with Gasteiger partial charge in [0.2, 0.25) is 0 Å². The number of methoxy groups -OCH3 is 1. The normalized spacial score (nSPS) is 10.4. The van der Waals surface area contributed by atoms with E-state index in [0.717, 1.165) is 0 Å². The van der Waals surface area contributed by atoms with Crippen molar-refractivity contribution in [2.45, 2.75) is 19.9 Å². The van der Waals surface area contributed by atoms with Gasteiger partial charge in [-0.2, -0.15) is 0 Å². The predicted molar refractivity (Wildman–Crippen MR) is 70.3 cm³/mol. The van der Waals surface area contributed by atoms with Gasteiger partial charge in [-0.15, -0.1) is 0 Å². The fourth-order valence-electron chi connectivity index (χ4n) is 1.70. The molecule has 0 spiro atoms. The van der Waals surface area contributed by atoms with Crippen LogP contribution in [0.5, 0.6) is 0 Å². The first-order valence-corrected chi connectivity index (χ1v) is 5.96. The Balaban J connectivity index is 3.06. The summed E-state index contributed by atoms with van der Waals surface area (Å²) in [5.74, 6) is -1.00. The Labute approximate surface area is 116 Å². The highest BCUT2D eigenvalue weighted by Gasteiger charge is 2.26. The number of rotatable bonds is 5. The Hall–Kier alpha value is -2.38. The standard InChI is InChI=1S/C12H17N3O5/c1-8(2)14(7-11(16)20-4)12(17)10-5-9(15(18)19)6-13(10)3/h5-6,8H,7H2,1-4H3. The van der Waals surface area contributed by atoms with Crippen molar-refractivity contribution >= 4 is 17.6 Å². The molecule has 0 bridgehead atoms. The number of amides is 1. The van der Waals surface area contributed by atoms with Crippen LogP contribution >= 0.6 is 0 Å². The number of esters is 1. The van der Waals surface area contributed by atoms with Crippen LogP contribution in [-0.4, -0.2) is 46.0 Å². The Morgan fingerprint density at radius 2 is 2.10 bits per heavy atom. The van der Waals surface area contributed by atoms with Crippen molar-refractivity contribution in [3.8, 4) is 0 Å². The largest absolute Gasteiger partial charge is 0.468 e. The summed E-state index contributed by atoms with van der Waals surface area (Å²) in [4.78, 5) is 35.1. The molecule has 0 saturated carbocycles. The van der Waals surface area contributed by atoms with Gasteiger partial charge in [-0.25, -0.2) is 0 Å². The third kappa shape index (κ3) is 3.34. The lowest BCUT2D eigenvalue weighted by atomic mass is 10.2. The van der Waals surface area contributed by atoms with E-state index < -0.39 is 16.8 Å². The van der Waals surface area contributed by atoms with Gasteiger partial charge < -0.3 is 14.2 Å². The first kappa shape index (κ1) is 15.7. The molecule has 0 aliphatic heterocycles. The van der Waals surface area contributed by atoms with E-state index in [0.29, 0.717) is 0 Å². The molecule has 1 amide bonds. The molecule has 1 aromatic rings. The number of carbonyl (C=O) groups is 2. The average molecular weight is 283 g/mol. The van der Waals surface area contributed by atoms with Crippen molar-refractivity contribution in [1.29, 1.82) is 0 Å². The van der Waals surface area contributed by atoms with Gasteiger partial charge in [-0.05, 0) is 13.8 Å². The summed E-state index contributed by atoms with van der Waals surface area (Å²) in [6, 6.07) is 0.949. The summed E-state index contributed by atoms with van der Waals surface area (Å²) in [6.45, 7) is 3.29. The number of nitrogens with zero attached hydrogens (tertiary/aromatic N) is 3. The second-order valence-corrected chi connectivity index (χ2v) is 4.55. The number of aryl methyl sites for hydroxylation is 1. The number of aromatic nitrogens is 1. The molecular formula is C12H17N3O5. The Bertz CT molecular complexity index is 535. The van der Waals surface area contributed by atoms with Gasteiger partial charge in [0.15, 0.2) is 0 Å². The number of ether oxygens (including phenoxy) is 1. The lowest BCUT2D eigenvalue weighted by molar-refractivity contribution is -0.384. The molecule has 0 unspecified atom stereocenters. The Morgan fingerprint density at radius 3 is 2.50 bits per heavy atom. The first-order chi connectivity index (χ1) is 9.27. The van der Waals surface area contributed by atoms with Gasteiger partial charge in [0.05, 0.1) is 18.2 Å². The molecule has 8 nitrogen and oxygen atoms in total. The molecule has 8 heteroatoms. The van der Waals surface area contributed by atoms with E-state index >= 15 is 0 Å². The molecule has 1 heterocycles. The zero-order chi connectivity index (χ0) is 15.4. The highest BCUT2D eigenvalue weighted by atomic mass is 16.6. The third-order valence-corrected chi connectivity index (χ3v) is 2.83. The van der Waals surface area contributed by atoms with Crippen molar-refractivity contribution in [1.82, 2.24) is 9.47 Å². The van der Waals surface area contributed by atoms with Gasteiger partial charge in [0.1, 0.15) is 12.2 Å². The molecule has 0 fully saturated rings. The van der Waals surface area contributed by atoms with Crippen LogP contribution in [0.1, 0.15) is 24.3 Å². The first-order valence-electron chi connectivity index (χ1n) is 5.96. The number of nitro groups is 1. The minimum atomic E-state index is -0.573. The number of hydrogen-bond acceptors (Lipinski definition) is 5. The summed E-state index contributed by atoms with van der Waals surface area (Å²) in [6.07, 6.45) is 1.25. The van der Waals surface area contributed by atoms with Crippen LogP contribution in [-0.2, 0) is 16.6 Å². The van der Waals surface area contributed by atoms with Crippen molar-refractivity contribution in [3.05, 3.63) is 28.1 Å². The van der Waals surface area contributed by atoms with E-state index in [1.807, 2.05) is 0 Å². The minimum absolute atomic E-state index is 0.148. The van der Waals surface area contributed by atoms with Crippen LogP contribution < -0.4 is 0 Å². The highest BCUT2D eigenvalue weighted by Crippen LogP contribution is 2.17. The molecule has 1 aromatic heterocycles. The second kappa shape index (κ2) is 6.18. The fourth-order valence-corrected chi connectivity index (χ4v) is 1.70. The van der Waals surface area contributed by atoms with E-state index in [-0.39, 0.29) is 24.0 Å². The van der Waals surface area contributed by atoms with Crippen molar-refractivity contribution < 1.29 is 19.2 Å². The maximum Gasteiger partial charge on any atom is 0.325 e. The molecule has 110 valence electrons. The summed E-state index contributed by atoms with van der Waals surface area (Å²) < 4.78 is 5.91. The van der Waals surface area contributed by atoms with Crippen LogP contribution in [0.25, 0.3) is 0 Å². The van der Waals surface area contributed by atoms with Gasteiger partial charge in [-0.3, -0.25) is 19.7 Å². The molecule has 0 aromatic carbocycles. The van der Waals surface area contributed by atoms with E-state index in [1.165, 1.54) is 35.9 Å². The zero-order valence-electron chi connectivity index (χ0n) is 11.8. The maximum absolute atomic E-state index is 12.4. The van der Waals surface area contributed by atoms with Crippen LogP contribution in [0.2, 0.25) is 0 Å². The molecular weight excluding hydrogens is 266 g/mol.